The first kappa shape index (κ1) is 11.5. The lowest BCUT2D eigenvalue weighted by molar-refractivity contribution is -0.128. The normalized spacial score (nSPS) is 22.4. The average Bonchev–Trinajstić information content (AvgIpc) is 2.44. The molecule has 1 fully saturated rings. The molecule has 1 atom stereocenters. The fourth-order valence-electron chi connectivity index (χ4n) is 1.78. The van der Waals surface area contributed by atoms with Crippen LogP contribution in [0.3, 0.4) is 0 Å². The molecule has 0 spiro atoms. The van der Waals surface area contributed by atoms with Crippen LogP contribution < -0.4 is 0 Å². The number of amides is 1. The third kappa shape index (κ3) is 2.96. The summed E-state index contributed by atoms with van der Waals surface area (Å²) in [5.74, 6) is 0.273. The van der Waals surface area contributed by atoms with Gasteiger partial charge in [-0.2, -0.15) is 0 Å². The number of carbonyl (C=O) groups is 1. The summed E-state index contributed by atoms with van der Waals surface area (Å²) in [6.45, 7) is 4.58. The van der Waals surface area contributed by atoms with Crippen molar-refractivity contribution >= 4 is 5.91 Å². The Labute approximate surface area is 85.5 Å². The Morgan fingerprint density at radius 2 is 2.29 bits per heavy atom. The summed E-state index contributed by atoms with van der Waals surface area (Å²) >= 11 is 0. The van der Waals surface area contributed by atoms with Crippen molar-refractivity contribution in [1.82, 2.24) is 9.80 Å². The minimum Gasteiger partial charge on any atom is -0.395 e. The second-order valence-electron chi connectivity index (χ2n) is 4.00. The molecule has 1 N–H and O–H groups in total. The van der Waals surface area contributed by atoms with Crippen LogP contribution in [0.1, 0.15) is 19.8 Å². The summed E-state index contributed by atoms with van der Waals surface area (Å²) < 4.78 is 0. The number of nitrogens with zero attached hydrogens (tertiary/aromatic N) is 2. The lowest BCUT2D eigenvalue weighted by Crippen LogP contribution is -2.38. The van der Waals surface area contributed by atoms with E-state index in [1.54, 1.807) is 0 Å². The van der Waals surface area contributed by atoms with Crippen molar-refractivity contribution in [2.75, 3.05) is 33.3 Å². The number of rotatable bonds is 5. The monoisotopic (exact) mass is 200 g/mol. The van der Waals surface area contributed by atoms with Gasteiger partial charge in [0, 0.05) is 32.1 Å². The zero-order chi connectivity index (χ0) is 10.6. The van der Waals surface area contributed by atoms with Gasteiger partial charge in [-0.15, -0.1) is 0 Å². The number of carbonyl (C=O) groups excluding carboxylic acids is 1. The quantitative estimate of drug-likeness (QED) is 0.675. The van der Waals surface area contributed by atoms with Crippen molar-refractivity contribution in [2.45, 2.75) is 25.8 Å². The van der Waals surface area contributed by atoms with E-state index in [1.165, 1.54) is 0 Å². The Bertz CT molecular complexity index is 197. The van der Waals surface area contributed by atoms with E-state index in [0.29, 0.717) is 19.0 Å². The third-order valence-electron chi connectivity index (χ3n) is 2.83. The van der Waals surface area contributed by atoms with E-state index in [-0.39, 0.29) is 12.5 Å². The first-order valence-electron chi connectivity index (χ1n) is 5.24. The average molecular weight is 200 g/mol. The molecule has 0 aromatic rings. The molecule has 1 aliphatic heterocycles. The number of aliphatic hydroxyl groups is 1. The van der Waals surface area contributed by atoms with Crippen molar-refractivity contribution in [3.05, 3.63) is 0 Å². The zero-order valence-electron chi connectivity index (χ0n) is 9.07. The van der Waals surface area contributed by atoms with Crippen LogP contribution in [-0.4, -0.2) is 60.1 Å². The van der Waals surface area contributed by atoms with E-state index in [0.717, 1.165) is 19.5 Å². The van der Waals surface area contributed by atoms with Crippen molar-refractivity contribution in [2.24, 2.45) is 0 Å². The van der Waals surface area contributed by atoms with Crippen LogP contribution in [0.5, 0.6) is 0 Å². The minimum atomic E-state index is 0.181. The largest absolute Gasteiger partial charge is 0.395 e. The molecule has 1 saturated heterocycles. The SMILES string of the molecule is CC1CCC(=O)N1CCN(C)CCO. The van der Waals surface area contributed by atoms with Gasteiger partial charge in [0.25, 0.3) is 0 Å². The maximum Gasteiger partial charge on any atom is 0.222 e. The van der Waals surface area contributed by atoms with E-state index in [9.17, 15) is 4.79 Å². The fraction of sp³-hybridized carbons (Fsp3) is 0.900. The second kappa shape index (κ2) is 5.32. The molecule has 0 aromatic heterocycles. The molecule has 1 amide bonds. The van der Waals surface area contributed by atoms with Gasteiger partial charge in [-0.25, -0.2) is 0 Å². The second-order valence-corrected chi connectivity index (χ2v) is 4.00. The van der Waals surface area contributed by atoms with Crippen molar-refractivity contribution in [1.29, 1.82) is 0 Å². The number of hydrogen-bond acceptors (Lipinski definition) is 3. The van der Waals surface area contributed by atoms with Gasteiger partial charge in [-0.05, 0) is 20.4 Å². The Morgan fingerprint density at radius 3 is 2.79 bits per heavy atom. The Hall–Kier alpha value is -0.610. The van der Waals surface area contributed by atoms with Crippen LogP contribution >= 0.6 is 0 Å². The molecule has 82 valence electrons. The molecule has 14 heavy (non-hydrogen) atoms. The Kier molecular flexibility index (Phi) is 4.35. The molecule has 1 unspecified atom stereocenters. The number of aliphatic hydroxyl groups excluding tert-OH is 1. The standard InChI is InChI=1S/C10H20N2O2/c1-9-3-4-10(14)12(9)6-5-11(2)7-8-13/h9,13H,3-8H2,1-2H3. The van der Waals surface area contributed by atoms with Crippen molar-refractivity contribution in [3.8, 4) is 0 Å². The predicted molar refractivity (Wildman–Crippen MR) is 55.0 cm³/mol. The van der Waals surface area contributed by atoms with E-state index < -0.39 is 0 Å². The lowest BCUT2D eigenvalue weighted by Gasteiger charge is -2.24. The number of likely N-dealkylation sites (tertiary alicyclic amines) is 1. The van der Waals surface area contributed by atoms with E-state index in [1.807, 2.05) is 16.8 Å². The van der Waals surface area contributed by atoms with Gasteiger partial charge in [0.05, 0.1) is 6.61 Å². The van der Waals surface area contributed by atoms with Gasteiger partial charge in [-0.1, -0.05) is 0 Å². The van der Waals surface area contributed by atoms with Gasteiger partial charge in [-0.3, -0.25) is 4.79 Å². The molecule has 4 nitrogen and oxygen atoms in total. The van der Waals surface area contributed by atoms with Gasteiger partial charge < -0.3 is 14.9 Å². The summed E-state index contributed by atoms with van der Waals surface area (Å²) in [7, 11) is 1.96. The first-order chi connectivity index (χ1) is 6.65. The molecule has 0 bridgehead atoms. The predicted octanol–water partition coefficient (Wildman–Crippen LogP) is -0.0786. The van der Waals surface area contributed by atoms with Gasteiger partial charge in [0.15, 0.2) is 0 Å². The zero-order valence-corrected chi connectivity index (χ0v) is 9.07. The molecule has 1 aliphatic rings. The van der Waals surface area contributed by atoms with Crippen LogP contribution in [0, 0.1) is 0 Å². The van der Waals surface area contributed by atoms with Crippen LogP contribution in [-0.2, 0) is 4.79 Å². The molecular weight excluding hydrogens is 180 g/mol. The molecule has 0 aromatic carbocycles. The number of likely N-dealkylation sites (N-methyl/N-ethyl adjacent to an activating group) is 1. The van der Waals surface area contributed by atoms with Gasteiger partial charge in [0.1, 0.15) is 0 Å². The fourth-order valence-corrected chi connectivity index (χ4v) is 1.78. The molecule has 1 rings (SSSR count). The highest BCUT2D eigenvalue weighted by Gasteiger charge is 2.26. The third-order valence-corrected chi connectivity index (χ3v) is 2.83. The molecular formula is C10H20N2O2. The maximum atomic E-state index is 11.4. The summed E-state index contributed by atoms with van der Waals surface area (Å²) in [6.07, 6.45) is 1.69. The first-order valence-corrected chi connectivity index (χ1v) is 5.24. The maximum absolute atomic E-state index is 11.4. The number of hydrogen-bond donors (Lipinski definition) is 1. The van der Waals surface area contributed by atoms with Crippen LogP contribution in [0.2, 0.25) is 0 Å². The van der Waals surface area contributed by atoms with Crippen molar-refractivity contribution in [3.63, 3.8) is 0 Å². The van der Waals surface area contributed by atoms with E-state index >= 15 is 0 Å². The molecule has 0 aliphatic carbocycles. The summed E-state index contributed by atoms with van der Waals surface area (Å²) in [5.41, 5.74) is 0. The van der Waals surface area contributed by atoms with Crippen LogP contribution in [0.25, 0.3) is 0 Å². The van der Waals surface area contributed by atoms with Crippen LogP contribution in [0.15, 0.2) is 0 Å². The Morgan fingerprint density at radius 1 is 1.57 bits per heavy atom. The molecule has 4 heteroatoms. The highest BCUT2D eigenvalue weighted by atomic mass is 16.3. The molecule has 1 heterocycles. The summed E-state index contributed by atoms with van der Waals surface area (Å²) in [4.78, 5) is 15.4. The topological polar surface area (TPSA) is 43.8 Å². The van der Waals surface area contributed by atoms with Gasteiger partial charge >= 0.3 is 0 Å². The minimum absolute atomic E-state index is 0.181. The molecule has 0 saturated carbocycles. The van der Waals surface area contributed by atoms with Crippen LogP contribution in [0.4, 0.5) is 0 Å². The smallest absolute Gasteiger partial charge is 0.222 e. The van der Waals surface area contributed by atoms with E-state index in [2.05, 4.69) is 6.92 Å². The van der Waals surface area contributed by atoms with Gasteiger partial charge in [0.2, 0.25) is 5.91 Å². The highest BCUT2D eigenvalue weighted by molar-refractivity contribution is 5.78. The molecule has 0 radical (unpaired) electrons. The lowest BCUT2D eigenvalue weighted by atomic mass is 10.2. The summed E-state index contributed by atoms with van der Waals surface area (Å²) in [6, 6.07) is 0.394. The van der Waals surface area contributed by atoms with E-state index in [4.69, 9.17) is 5.11 Å². The Balaban J connectivity index is 2.26. The van der Waals surface area contributed by atoms with Crippen molar-refractivity contribution < 1.29 is 9.90 Å². The summed E-state index contributed by atoms with van der Waals surface area (Å²) in [5, 5.41) is 8.71. The highest BCUT2D eigenvalue weighted by Crippen LogP contribution is 2.17.